The van der Waals surface area contributed by atoms with Crippen LogP contribution in [0.25, 0.3) is 0 Å². The van der Waals surface area contributed by atoms with Crippen molar-refractivity contribution in [1.82, 2.24) is 4.67 Å². The number of benzene rings is 2. The molecule has 5 rings (SSSR count). The topological polar surface area (TPSA) is 45.9 Å². The second-order valence-electron chi connectivity index (χ2n) is 8.57. The van der Waals surface area contributed by atoms with Crippen LogP contribution in [0.4, 0.5) is 11.4 Å². The minimum absolute atomic E-state index is 0.161. The fraction of sp³-hybridized carbons (Fsp3) is 0.348. The molecule has 6 heteroatoms. The van der Waals surface area contributed by atoms with E-state index in [1.807, 2.05) is 29.2 Å². The predicted molar refractivity (Wildman–Crippen MR) is 123 cm³/mol. The van der Waals surface area contributed by atoms with Crippen LogP contribution < -0.4 is 9.68 Å². The standard InChI is InChI=1S/C23H28N5P/c1-23(2)19-13-7-8-14-20(19)26(3)22(23)21-17-25-28(18-11-5-4-6-12-18)29(21,24)27-15-9-10-16-27/h4-8,11-14,17,24H,9-10,15-16H2,1-3H3/b22-21+/t29-/m0/s1. The molecule has 3 aliphatic heterocycles. The van der Waals surface area contributed by atoms with E-state index in [-0.39, 0.29) is 5.41 Å². The predicted octanol–water partition coefficient (Wildman–Crippen LogP) is 5.84. The quantitative estimate of drug-likeness (QED) is 0.639. The van der Waals surface area contributed by atoms with Gasteiger partial charge in [-0.3, -0.25) is 5.16 Å². The molecule has 5 nitrogen and oxygen atoms in total. The number of nitrogens with one attached hydrogen (secondary N) is 1. The smallest absolute Gasteiger partial charge is 0.172 e. The molecule has 2 aromatic rings. The molecule has 0 amide bonds. The summed E-state index contributed by atoms with van der Waals surface area (Å²) in [6.45, 7) is 6.51. The first-order valence-corrected chi connectivity index (χ1v) is 12.0. The van der Waals surface area contributed by atoms with Crippen LogP contribution in [0.1, 0.15) is 32.3 Å². The normalized spacial score (nSPS) is 28.4. The molecule has 3 heterocycles. The molecule has 3 aliphatic rings. The first-order valence-electron chi connectivity index (χ1n) is 10.3. The van der Waals surface area contributed by atoms with Crippen molar-refractivity contribution in [2.45, 2.75) is 32.1 Å². The Balaban J connectivity index is 1.73. The Morgan fingerprint density at radius 1 is 0.966 bits per heavy atom. The van der Waals surface area contributed by atoms with Crippen LogP contribution in [-0.2, 0) is 5.41 Å². The van der Waals surface area contributed by atoms with Gasteiger partial charge in [-0.15, -0.1) is 0 Å². The average molecular weight is 405 g/mol. The summed E-state index contributed by atoms with van der Waals surface area (Å²) >= 11 is 0. The van der Waals surface area contributed by atoms with E-state index < -0.39 is 7.36 Å². The molecular weight excluding hydrogens is 377 g/mol. The molecule has 0 spiro atoms. The zero-order chi connectivity index (χ0) is 20.2. The van der Waals surface area contributed by atoms with Gasteiger partial charge in [0.2, 0.25) is 0 Å². The number of likely N-dealkylation sites (N-methyl/N-ethyl adjacent to an activating group) is 1. The second-order valence-corrected chi connectivity index (χ2v) is 11.2. The summed E-state index contributed by atoms with van der Waals surface area (Å²) in [6.07, 6.45) is 4.29. The first kappa shape index (κ1) is 18.7. The highest BCUT2D eigenvalue weighted by molar-refractivity contribution is 7.70. The average Bonchev–Trinajstić information content (AvgIpc) is 3.42. The van der Waals surface area contributed by atoms with E-state index >= 15 is 0 Å². The van der Waals surface area contributed by atoms with Crippen molar-refractivity contribution in [2.75, 3.05) is 29.8 Å². The minimum Gasteiger partial charge on any atom is -0.346 e. The van der Waals surface area contributed by atoms with E-state index in [1.165, 1.54) is 16.9 Å². The van der Waals surface area contributed by atoms with Gasteiger partial charge in [-0.05, 0) is 36.6 Å². The molecule has 150 valence electrons. The van der Waals surface area contributed by atoms with Gasteiger partial charge in [-0.2, -0.15) is 5.10 Å². The van der Waals surface area contributed by atoms with Gasteiger partial charge < -0.3 is 4.90 Å². The number of rotatable bonds is 2. The molecule has 0 radical (unpaired) electrons. The molecule has 2 aromatic carbocycles. The lowest BCUT2D eigenvalue weighted by atomic mass is 9.84. The summed E-state index contributed by atoms with van der Waals surface area (Å²) in [5, 5.41) is 15.8. The Bertz CT molecular complexity index is 1050. The van der Waals surface area contributed by atoms with Crippen molar-refractivity contribution in [3.63, 3.8) is 0 Å². The van der Waals surface area contributed by atoms with E-state index in [9.17, 15) is 5.16 Å². The van der Waals surface area contributed by atoms with E-state index in [1.54, 1.807) is 0 Å². The van der Waals surface area contributed by atoms with Crippen LogP contribution in [0.5, 0.6) is 0 Å². The highest BCUT2D eigenvalue weighted by Crippen LogP contribution is 2.68. The van der Waals surface area contributed by atoms with Crippen molar-refractivity contribution >= 4 is 24.9 Å². The lowest BCUT2D eigenvalue weighted by Gasteiger charge is -2.38. The van der Waals surface area contributed by atoms with Gasteiger partial charge in [0.05, 0.1) is 17.2 Å². The molecule has 0 aromatic heterocycles. The molecule has 1 fully saturated rings. The van der Waals surface area contributed by atoms with Gasteiger partial charge in [0, 0.05) is 36.9 Å². The summed E-state index contributed by atoms with van der Waals surface area (Å²) in [4.78, 5) is 2.30. The van der Waals surface area contributed by atoms with Crippen LogP contribution in [0.15, 0.2) is 70.7 Å². The number of hydrogen-bond acceptors (Lipinski definition) is 3. The molecular formula is C23H28N5P. The van der Waals surface area contributed by atoms with Crippen LogP contribution in [0.3, 0.4) is 0 Å². The molecule has 29 heavy (non-hydrogen) atoms. The van der Waals surface area contributed by atoms with Crippen LogP contribution in [0, 0.1) is 5.16 Å². The second kappa shape index (κ2) is 6.58. The number of para-hydroxylation sites is 2. The van der Waals surface area contributed by atoms with Crippen molar-refractivity contribution in [1.29, 1.82) is 5.16 Å². The Kier molecular flexibility index (Phi) is 4.23. The van der Waals surface area contributed by atoms with Gasteiger partial charge in [0.1, 0.15) is 0 Å². The molecule has 0 unspecified atom stereocenters. The molecule has 0 saturated carbocycles. The molecule has 0 bridgehead atoms. The van der Waals surface area contributed by atoms with E-state index in [0.717, 1.165) is 36.9 Å². The third-order valence-electron chi connectivity index (χ3n) is 6.49. The molecule has 1 N–H and O–H groups in total. The maximum Gasteiger partial charge on any atom is 0.172 e. The maximum atomic E-state index is 9.92. The number of hydrogen-bond donors (Lipinski definition) is 1. The minimum atomic E-state index is -2.57. The van der Waals surface area contributed by atoms with Crippen molar-refractivity contribution < 1.29 is 0 Å². The third-order valence-corrected chi connectivity index (χ3v) is 9.59. The zero-order valence-electron chi connectivity index (χ0n) is 17.3. The van der Waals surface area contributed by atoms with Crippen molar-refractivity contribution in [3.05, 3.63) is 71.2 Å². The fourth-order valence-corrected chi connectivity index (χ4v) is 8.30. The summed E-state index contributed by atoms with van der Waals surface area (Å²) in [5.41, 5.74) is 4.62. The maximum absolute atomic E-state index is 9.92. The number of nitrogens with zero attached hydrogens (tertiary/aromatic N) is 4. The third kappa shape index (κ3) is 2.57. The summed E-state index contributed by atoms with van der Waals surface area (Å²) < 4.78 is 4.40. The highest BCUT2D eigenvalue weighted by atomic mass is 31.2. The van der Waals surface area contributed by atoms with Crippen LogP contribution >= 0.6 is 7.36 Å². The summed E-state index contributed by atoms with van der Waals surface area (Å²) in [6, 6.07) is 18.9. The van der Waals surface area contributed by atoms with E-state index in [2.05, 4.69) is 66.9 Å². The number of anilines is 2. The van der Waals surface area contributed by atoms with Gasteiger partial charge in [0.15, 0.2) is 7.36 Å². The van der Waals surface area contributed by atoms with E-state index in [0.29, 0.717) is 0 Å². The number of fused-ring (bicyclic) bond motifs is 1. The highest BCUT2D eigenvalue weighted by Gasteiger charge is 2.48. The van der Waals surface area contributed by atoms with Gasteiger partial charge in [-0.25, -0.2) is 9.45 Å². The Morgan fingerprint density at radius 2 is 1.62 bits per heavy atom. The Labute approximate surface area is 173 Å². The molecule has 0 aliphatic carbocycles. The number of allylic oxidation sites excluding steroid dienone is 2. The van der Waals surface area contributed by atoms with Gasteiger partial charge in [-0.1, -0.05) is 50.2 Å². The Morgan fingerprint density at radius 3 is 2.31 bits per heavy atom. The largest absolute Gasteiger partial charge is 0.346 e. The first-order chi connectivity index (χ1) is 14.0. The summed E-state index contributed by atoms with van der Waals surface area (Å²) in [7, 11) is -0.430. The summed E-state index contributed by atoms with van der Waals surface area (Å²) in [5.74, 6) is 0. The monoisotopic (exact) mass is 405 g/mol. The van der Waals surface area contributed by atoms with E-state index in [4.69, 9.17) is 5.10 Å². The molecule has 1 atom stereocenters. The van der Waals surface area contributed by atoms with Crippen LogP contribution in [-0.4, -0.2) is 31.0 Å². The van der Waals surface area contributed by atoms with Crippen LogP contribution in [0.2, 0.25) is 0 Å². The zero-order valence-corrected chi connectivity index (χ0v) is 18.2. The lowest BCUT2D eigenvalue weighted by molar-refractivity contribution is 0.556. The fourth-order valence-electron chi connectivity index (χ4n) is 5.09. The SMILES string of the molecule is CN1/C(=C2\C=NN(c3ccccc3)[P@@]2(=N)N2CCCC2)C(C)(C)c2ccccc21. The Hall–Kier alpha value is -2.36. The van der Waals surface area contributed by atoms with Gasteiger partial charge in [0.25, 0.3) is 0 Å². The number of hydrazone groups is 1. The van der Waals surface area contributed by atoms with Crippen molar-refractivity contribution in [2.24, 2.45) is 5.10 Å². The van der Waals surface area contributed by atoms with Crippen molar-refractivity contribution in [3.8, 4) is 0 Å². The molecule has 1 saturated heterocycles. The van der Waals surface area contributed by atoms with Gasteiger partial charge >= 0.3 is 0 Å². The lowest BCUT2D eigenvalue weighted by Crippen LogP contribution is -2.29.